The predicted octanol–water partition coefficient (Wildman–Crippen LogP) is 2.83. The van der Waals surface area contributed by atoms with Crippen molar-refractivity contribution < 1.29 is 14.3 Å². The third-order valence-electron chi connectivity index (χ3n) is 4.89. The minimum absolute atomic E-state index is 0.0868. The normalized spacial score (nSPS) is 18.3. The van der Waals surface area contributed by atoms with E-state index >= 15 is 0 Å². The molecule has 0 saturated carbocycles. The Hall–Kier alpha value is -1.99. The monoisotopic (exact) mass is 389 g/mol. The van der Waals surface area contributed by atoms with E-state index in [2.05, 4.69) is 22.5 Å². The van der Waals surface area contributed by atoms with Crippen molar-refractivity contribution in [2.45, 2.75) is 32.2 Å². The topological polar surface area (TPSA) is 70.7 Å². The number of carbonyl (C=O) groups excluding carboxylic acids is 2. The Morgan fingerprint density at radius 1 is 1.19 bits per heavy atom. The second-order valence-corrected chi connectivity index (χ2v) is 7.85. The van der Waals surface area contributed by atoms with Crippen molar-refractivity contribution in [2.75, 3.05) is 37.3 Å². The van der Waals surface area contributed by atoms with Gasteiger partial charge in [0.25, 0.3) is 11.8 Å². The predicted molar refractivity (Wildman–Crippen MR) is 109 cm³/mol. The summed E-state index contributed by atoms with van der Waals surface area (Å²) >= 11 is 1.56. The third-order valence-corrected chi connectivity index (χ3v) is 5.67. The summed E-state index contributed by atoms with van der Waals surface area (Å²) in [6, 6.07) is 7.41. The van der Waals surface area contributed by atoms with E-state index in [-0.39, 0.29) is 11.8 Å². The van der Waals surface area contributed by atoms with Gasteiger partial charge in [0.15, 0.2) is 5.76 Å². The molecule has 7 heteroatoms. The van der Waals surface area contributed by atoms with Crippen molar-refractivity contribution in [3.05, 3.63) is 41.0 Å². The number of anilines is 1. The standard InChI is InChI=1S/C20H27N3O3S/c1-15(23-10-2-3-11-23)8-9-21-19(24)16-4-6-17(7-5-16)22-20(25)18-14-27-13-12-26-18/h4-7,14-15H,2-3,8-13H2,1H3,(H,21,24)(H,22,25)/t15-/m1/s1. The highest BCUT2D eigenvalue weighted by molar-refractivity contribution is 8.02. The lowest BCUT2D eigenvalue weighted by Crippen LogP contribution is -2.34. The van der Waals surface area contributed by atoms with Gasteiger partial charge >= 0.3 is 0 Å². The number of carbonyl (C=O) groups is 2. The fourth-order valence-electron chi connectivity index (χ4n) is 3.25. The molecule has 0 unspecified atom stereocenters. The molecule has 6 nitrogen and oxygen atoms in total. The second kappa shape index (κ2) is 9.80. The van der Waals surface area contributed by atoms with Gasteiger partial charge in [0, 0.05) is 35.0 Å². The van der Waals surface area contributed by atoms with Crippen LogP contribution in [0.25, 0.3) is 0 Å². The number of benzene rings is 1. The van der Waals surface area contributed by atoms with E-state index in [9.17, 15) is 9.59 Å². The summed E-state index contributed by atoms with van der Waals surface area (Å²) in [6.07, 6.45) is 3.51. The first-order valence-corrected chi connectivity index (χ1v) is 10.6. The first-order valence-electron chi connectivity index (χ1n) is 9.52. The molecule has 2 heterocycles. The van der Waals surface area contributed by atoms with Crippen molar-refractivity contribution in [1.29, 1.82) is 0 Å². The number of thioether (sulfide) groups is 1. The van der Waals surface area contributed by atoms with Gasteiger partial charge in [0.2, 0.25) is 0 Å². The molecule has 2 aliphatic heterocycles. The summed E-state index contributed by atoms with van der Waals surface area (Å²) in [5.41, 5.74) is 1.23. The van der Waals surface area contributed by atoms with Gasteiger partial charge in [0.1, 0.15) is 0 Å². The van der Waals surface area contributed by atoms with E-state index in [0.717, 1.165) is 12.2 Å². The fraction of sp³-hybridized carbons (Fsp3) is 0.500. The molecule has 3 rings (SSSR count). The highest BCUT2D eigenvalue weighted by atomic mass is 32.2. The SMILES string of the molecule is C[C@H](CCNC(=O)c1ccc(NC(=O)C2=CSCCO2)cc1)N1CCCC1. The van der Waals surface area contributed by atoms with Crippen LogP contribution in [0.1, 0.15) is 36.5 Å². The van der Waals surface area contributed by atoms with Crippen LogP contribution < -0.4 is 10.6 Å². The molecule has 0 bridgehead atoms. The largest absolute Gasteiger partial charge is 0.487 e. The van der Waals surface area contributed by atoms with E-state index in [1.807, 2.05) is 0 Å². The molecule has 146 valence electrons. The van der Waals surface area contributed by atoms with E-state index in [4.69, 9.17) is 4.74 Å². The Morgan fingerprint density at radius 2 is 1.93 bits per heavy atom. The van der Waals surface area contributed by atoms with Crippen LogP contribution in [0, 0.1) is 0 Å². The van der Waals surface area contributed by atoms with E-state index in [1.165, 1.54) is 25.9 Å². The van der Waals surface area contributed by atoms with Crippen LogP contribution in [0.2, 0.25) is 0 Å². The summed E-state index contributed by atoms with van der Waals surface area (Å²) in [6.45, 7) is 5.77. The Labute approximate surface area is 164 Å². The number of amides is 2. The van der Waals surface area contributed by atoms with Gasteiger partial charge in [-0.3, -0.25) is 9.59 Å². The molecule has 0 aliphatic carbocycles. The number of nitrogens with one attached hydrogen (secondary N) is 2. The minimum Gasteiger partial charge on any atom is -0.487 e. The lowest BCUT2D eigenvalue weighted by molar-refractivity contribution is -0.116. The molecule has 1 saturated heterocycles. The zero-order chi connectivity index (χ0) is 19.1. The molecule has 1 aromatic carbocycles. The zero-order valence-electron chi connectivity index (χ0n) is 15.7. The van der Waals surface area contributed by atoms with Crippen LogP contribution >= 0.6 is 11.8 Å². The third kappa shape index (κ3) is 5.74. The van der Waals surface area contributed by atoms with Crippen molar-refractivity contribution >= 4 is 29.3 Å². The van der Waals surface area contributed by atoms with Crippen molar-refractivity contribution in [3.63, 3.8) is 0 Å². The van der Waals surface area contributed by atoms with Gasteiger partial charge in [-0.1, -0.05) is 0 Å². The Kier molecular flexibility index (Phi) is 7.18. The van der Waals surface area contributed by atoms with Crippen LogP contribution in [0.4, 0.5) is 5.69 Å². The number of rotatable bonds is 7. The first-order chi connectivity index (χ1) is 13.1. The van der Waals surface area contributed by atoms with Crippen LogP contribution in [-0.4, -0.2) is 54.8 Å². The van der Waals surface area contributed by atoms with Crippen LogP contribution in [0.15, 0.2) is 35.4 Å². The highest BCUT2D eigenvalue weighted by Crippen LogP contribution is 2.18. The Bertz CT molecular complexity index is 684. The molecular formula is C20H27N3O3S. The lowest BCUT2D eigenvalue weighted by Gasteiger charge is -2.23. The molecule has 1 atom stereocenters. The Balaban J connectivity index is 1.44. The lowest BCUT2D eigenvalue weighted by atomic mass is 10.1. The number of hydrogen-bond acceptors (Lipinski definition) is 5. The molecule has 0 radical (unpaired) electrons. The van der Waals surface area contributed by atoms with Crippen molar-refractivity contribution in [2.24, 2.45) is 0 Å². The summed E-state index contributed by atoms with van der Waals surface area (Å²) in [5, 5.41) is 7.49. The fourth-order valence-corrected chi connectivity index (χ4v) is 3.87. The van der Waals surface area contributed by atoms with Gasteiger partial charge in [-0.2, -0.15) is 0 Å². The molecule has 0 spiro atoms. The molecule has 1 aromatic rings. The van der Waals surface area contributed by atoms with Crippen LogP contribution in [0.3, 0.4) is 0 Å². The summed E-state index contributed by atoms with van der Waals surface area (Å²) in [4.78, 5) is 26.9. The van der Waals surface area contributed by atoms with E-state index in [1.54, 1.807) is 41.4 Å². The van der Waals surface area contributed by atoms with Crippen LogP contribution in [-0.2, 0) is 9.53 Å². The first kappa shape index (κ1) is 19.8. The molecule has 0 aromatic heterocycles. The summed E-state index contributed by atoms with van der Waals surface area (Å²) < 4.78 is 5.33. The number of hydrogen-bond donors (Lipinski definition) is 2. The van der Waals surface area contributed by atoms with Gasteiger partial charge in [-0.15, -0.1) is 11.8 Å². The zero-order valence-corrected chi connectivity index (χ0v) is 16.5. The summed E-state index contributed by atoms with van der Waals surface area (Å²) in [5.74, 6) is 0.837. The quantitative estimate of drug-likeness (QED) is 0.750. The average Bonchev–Trinajstić information content (AvgIpc) is 3.24. The maximum Gasteiger partial charge on any atom is 0.291 e. The van der Waals surface area contributed by atoms with Gasteiger partial charge in [0.05, 0.1) is 6.61 Å². The average molecular weight is 390 g/mol. The second-order valence-electron chi connectivity index (χ2n) is 6.87. The van der Waals surface area contributed by atoms with Crippen LogP contribution in [0.5, 0.6) is 0 Å². The molecule has 1 fully saturated rings. The minimum atomic E-state index is -0.268. The maximum atomic E-state index is 12.3. The molecule has 2 aliphatic rings. The Morgan fingerprint density at radius 3 is 2.59 bits per heavy atom. The molecule has 2 amide bonds. The van der Waals surface area contributed by atoms with Crippen molar-refractivity contribution in [1.82, 2.24) is 10.2 Å². The van der Waals surface area contributed by atoms with E-state index < -0.39 is 0 Å². The molecular weight excluding hydrogens is 362 g/mol. The maximum absolute atomic E-state index is 12.3. The van der Waals surface area contributed by atoms with Gasteiger partial charge < -0.3 is 20.3 Å². The van der Waals surface area contributed by atoms with E-state index in [0.29, 0.717) is 36.2 Å². The summed E-state index contributed by atoms with van der Waals surface area (Å²) in [7, 11) is 0. The smallest absolute Gasteiger partial charge is 0.291 e. The molecule has 27 heavy (non-hydrogen) atoms. The highest BCUT2D eigenvalue weighted by Gasteiger charge is 2.18. The van der Waals surface area contributed by atoms with Gasteiger partial charge in [-0.25, -0.2) is 0 Å². The molecule has 2 N–H and O–H groups in total. The van der Waals surface area contributed by atoms with Gasteiger partial charge in [-0.05, 0) is 63.5 Å². The number of likely N-dealkylation sites (tertiary alicyclic amines) is 1. The number of nitrogens with zero attached hydrogens (tertiary/aromatic N) is 1. The van der Waals surface area contributed by atoms with Crippen molar-refractivity contribution in [3.8, 4) is 0 Å². The number of ether oxygens (including phenoxy) is 1.